The highest BCUT2D eigenvalue weighted by molar-refractivity contribution is 6.07. The van der Waals surface area contributed by atoms with E-state index in [4.69, 9.17) is 9.26 Å². The van der Waals surface area contributed by atoms with Crippen LogP contribution in [-0.2, 0) is 30.7 Å². The first-order chi connectivity index (χ1) is 17.5. The van der Waals surface area contributed by atoms with Crippen molar-refractivity contribution in [2.75, 3.05) is 12.4 Å². The molecule has 0 saturated heterocycles. The number of methoxy groups -OCH3 is 1. The molecule has 10 nitrogen and oxygen atoms in total. The van der Waals surface area contributed by atoms with Gasteiger partial charge in [0, 0.05) is 17.5 Å². The van der Waals surface area contributed by atoms with E-state index in [0.717, 1.165) is 17.4 Å². The maximum Gasteiger partial charge on any atom is 0.278 e. The minimum Gasteiger partial charge on any atom is -0.497 e. The number of anilines is 1. The molecule has 3 heterocycles. The molecule has 36 heavy (non-hydrogen) atoms. The molecule has 5 aromatic rings. The van der Waals surface area contributed by atoms with Gasteiger partial charge in [0.15, 0.2) is 5.82 Å². The molecule has 0 atom stereocenters. The van der Waals surface area contributed by atoms with Gasteiger partial charge in [-0.2, -0.15) is 4.98 Å². The van der Waals surface area contributed by atoms with Gasteiger partial charge in [-0.15, -0.1) is 0 Å². The summed E-state index contributed by atoms with van der Waals surface area (Å²) in [6.45, 7) is 3.99. The van der Waals surface area contributed by atoms with Crippen molar-refractivity contribution in [3.63, 3.8) is 0 Å². The second-order valence-electron chi connectivity index (χ2n) is 8.40. The van der Waals surface area contributed by atoms with Gasteiger partial charge in [0.05, 0.1) is 19.0 Å². The average molecular weight is 487 g/mol. The van der Waals surface area contributed by atoms with Crippen molar-refractivity contribution in [1.29, 1.82) is 0 Å². The monoisotopic (exact) mass is 486 g/mol. The molecule has 184 valence electrons. The third kappa shape index (κ3) is 4.33. The van der Waals surface area contributed by atoms with Crippen molar-refractivity contribution >= 4 is 33.5 Å². The van der Waals surface area contributed by atoms with Gasteiger partial charge in [0.2, 0.25) is 11.8 Å². The largest absolute Gasteiger partial charge is 0.497 e. The van der Waals surface area contributed by atoms with Gasteiger partial charge >= 0.3 is 0 Å². The van der Waals surface area contributed by atoms with Gasteiger partial charge < -0.3 is 19.1 Å². The summed E-state index contributed by atoms with van der Waals surface area (Å²) in [6.07, 6.45) is 2.95. The van der Waals surface area contributed by atoms with E-state index in [1.165, 1.54) is 10.9 Å². The number of ether oxygens (including phenoxy) is 1. The lowest BCUT2D eigenvalue weighted by Crippen LogP contribution is -2.25. The van der Waals surface area contributed by atoms with Crippen LogP contribution in [0.1, 0.15) is 31.1 Å². The average Bonchev–Trinajstić information content (AvgIpc) is 3.48. The van der Waals surface area contributed by atoms with E-state index < -0.39 is 0 Å². The van der Waals surface area contributed by atoms with Gasteiger partial charge in [-0.05, 0) is 42.3 Å². The Bertz CT molecular complexity index is 1630. The molecule has 0 spiro atoms. The zero-order valence-electron chi connectivity index (χ0n) is 20.3. The zero-order chi connectivity index (χ0) is 25.2. The van der Waals surface area contributed by atoms with Crippen LogP contribution in [-0.4, -0.2) is 37.3 Å². The van der Waals surface area contributed by atoms with Crippen LogP contribution in [0.15, 0.2) is 58.1 Å². The molecule has 1 N–H and O–H groups in total. The van der Waals surface area contributed by atoms with Crippen LogP contribution in [0.4, 0.5) is 5.69 Å². The van der Waals surface area contributed by atoms with Gasteiger partial charge in [0.1, 0.15) is 29.9 Å². The third-order valence-corrected chi connectivity index (χ3v) is 6.09. The second-order valence-corrected chi connectivity index (χ2v) is 8.40. The fourth-order valence-corrected chi connectivity index (χ4v) is 4.24. The third-order valence-electron chi connectivity index (χ3n) is 6.09. The Hall–Kier alpha value is -4.47. The fraction of sp³-hybridized carbons (Fsp3) is 0.269. The highest BCUT2D eigenvalue weighted by Crippen LogP contribution is 2.29. The quantitative estimate of drug-likeness (QED) is 0.356. The molecule has 5 rings (SSSR count). The highest BCUT2D eigenvalue weighted by atomic mass is 16.5. The zero-order valence-corrected chi connectivity index (χ0v) is 20.3. The van der Waals surface area contributed by atoms with Crippen LogP contribution < -0.4 is 15.6 Å². The molecular weight excluding hydrogens is 460 g/mol. The van der Waals surface area contributed by atoms with Crippen LogP contribution >= 0.6 is 0 Å². The van der Waals surface area contributed by atoms with E-state index in [0.29, 0.717) is 46.1 Å². The number of nitrogens with one attached hydrogen (secondary N) is 1. The molecular formula is C26H26N6O4. The molecule has 1 amide bonds. The Balaban J connectivity index is 1.58. The van der Waals surface area contributed by atoms with Crippen molar-refractivity contribution in [2.45, 2.75) is 39.8 Å². The number of hydrogen-bond donors (Lipinski definition) is 1. The predicted octanol–water partition coefficient (Wildman–Crippen LogP) is 3.55. The van der Waals surface area contributed by atoms with E-state index >= 15 is 0 Å². The molecule has 0 bridgehead atoms. The van der Waals surface area contributed by atoms with Gasteiger partial charge in [-0.25, -0.2) is 4.98 Å². The van der Waals surface area contributed by atoms with Gasteiger partial charge in [-0.1, -0.05) is 31.1 Å². The molecule has 0 saturated carbocycles. The second kappa shape index (κ2) is 9.65. The van der Waals surface area contributed by atoms with Crippen molar-refractivity contribution in [1.82, 2.24) is 24.3 Å². The summed E-state index contributed by atoms with van der Waals surface area (Å²) in [5.74, 6) is 1.26. The first-order valence-corrected chi connectivity index (χ1v) is 11.8. The molecule has 2 aromatic carbocycles. The van der Waals surface area contributed by atoms with E-state index in [9.17, 15) is 9.59 Å². The molecule has 0 aliphatic heterocycles. The van der Waals surface area contributed by atoms with Crippen molar-refractivity contribution in [3.05, 3.63) is 76.4 Å². The molecule has 0 fully saturated rings. The van der Waals surface area contributed by atoms with Crippen molar-refractivity contribution < 1.29 is 14.1 Å². The summed E-state index contributed by atoms with van der Waals surface area (Å²) >= 11 is 0. The van der Waals surface area contributed by atoms with E-state index in [-0.39, 0.29) is 24.6 Å². The Kier molecular flexibility index (Phi) is 6.24. The molecule has 0 radical (unpaired) electrons. The minimum absolute atomic E-state index is 0.0653. The molecule has 3 aromatic heterocycles. The van der Waals surface area contributed by atoms with Crippen LogP contribution in [0.5, 0.6) is 5.75 Å². The molecule has 0 aliphatic rings. The smallest absolute Gasteiger partial charge is 0.278 e. The Morgan fingerprint density at radius 1 is 1.14 bits per heavy atom. The number of fused-ring (bicyclic) bond motifs is 3. The summed E-state index contributed by atoms with van der Waals surface area (Å²) in [5, 5.41) is 7.56. The fourth-order valence-electron chi connectivity index (χ4n) is 4.24. The van der Waals surface area contributed by atoms with Crippen molar-refractivity contribution in [2.24, 2.45) is 0 Å². The van der Waals surface area contributed by atoms with Crippen molar-refractivity contribution in [3.8, 4) is 5.75 Å². The van der Waals surface area contributed by atoms with Gasteiger partial charge in [-0.3, -0.25) is 14.2 Å². The minimum atomic E-state index is -0.313. The normalized spacial score (nSPS) is 11.3. The SMILES string of the molecule is CCc1cccc(NC(=O)Cn2c3ccc(OC)cc3c3ncn(Cc4nc(CC)no4)c(=O)c32)c1. The lowest BCUT2D eigenvalue weighted by atomic mass is 10.1. The topological polar surface area (TPSA) is 117 Å². The van der Waals surface area contributed by atoms with E-state index in [2.05, 4.69) is 27.4 Å². The number of rotatable bonds is 8. The first-order valence-electron chi connectivity index (χ1n) is 11.8. The van der Waals surface area contributed by atoms with E-state index in [1.807, 2.05) is 43.3 Å². The Labute approximate surface area is 206 Å². The van der Waals surface area contributed by atoms with Crippen LogP contribution in [0.3, 0.4) is 0 Å². The molecule has 0 unspecified atom stereocenters. The summed E-state index contributed by atoms with van der Waals surface area (Å²) in [5.41, 5.74) is 3.03. The lowest BCUT2D eigenvalue weighted by molar-refractivity contribution is -0.116. The summed E-state index contributed by atoms with van der Waals surface area (Å²) in [4.78, 5) is 35.6. The number of aromatic nitrogens is 5. The first kappa shape index (κ1) is 23.3. The van der Waals surface area contributed by atoms with Crippen LogP contribution in [0, 0.1) is 0 Å². The van der Waals surface area contributed by atoms with Gasteiger partial charge in [0.25, 0.3) is 5.56 Å². The number of aryl methyl sites for hydroxylation is 2. The standard InChI is InChI=1S/C26H26N6O4/c1-4-16-7-6-8-17(11-16)28-22(33)13-32-20-10-9-18(35-3)12-19(20)24-25(32)26(34)31(15-27-24)14-23-29-21(5-2)30-36-23/h6-12,15H,4-5,13-14H2,1-3H3,(H,28,33). The predicted molar refractivity (Wildman–Crippen MR) is 135 cm³/mol. The highest BCUT2D eigenvalue weighted by Gasteiger charge is 2.20. The molecule has 0 aliphatic carbocycles. The number of benzene rings is 2. The summed E-state index contributed by atoms with van der Waals surface area (Å²) < 4.78 is 13.7. The maximum absolute atomic E-state index is 13.6. The summed E-state index contributed by atoms with van der Waals surface area (Å²) in [7, 11) is 1.58. The number of carbonyl (C=O) groups excluding carboxylic acids is 1. The molecule has 10 heteroatoms. The number of carbonyl (C=O) groups is 1. The van der Waals surface area contributed by atoms with Crippen LogP contribution in [0.25, 0.3) is 21.9 Å². The number of nitrogens with zero attached hydrogens (tertiary/aromatic N) is 5. The summed E-state index contributed by atoms with van der Waals surface area (Å²) in [6, 6.07) is 13.1. The lowest BCUT2D eigenvalue weighted by Gasteiger charge is -2.10. The Morgan fingerprint density at radius 2 is 2.00 bits per heavy atom. The number of hydrogen-bond acceptors (Lipinski definition) is 7. The van der Waals surface area contributed by atoms with Crippen LogP contribution in [0.2, 0.25) is 0 Å². The van der Waals surface area contributed by atoms with E-state index in [1.54, 1.807) is 17.7 Å². The maximum atomic E-state index is 13.6. The Morgan fingerprint density at radius 3 is 2.75 bits per heavy atom. The number of amides is 1.